The normalized spacial score (nSPS) is 21.9. The number of aliphatic hydroxyl groups is 1. The van der Waals surface area contributed by atoms with E-state index >= 15 is 0 Å². The summed E-state index contributed by atoms with van der Waals surface area (Å²) in [6, 6.07) is 8.44. The Hall–Kier alpha value is -2.88. The van der Waals surface area contributed by atoms with Crippen molar-refractivity contribution in [3.8, 4) is 11.4 Å². The largest absolute Gasteiger partial charge is 0.393 e. The van der Waals surface area contributed by atoms with Gasteiger partial charge in [-0.2, -0.15) is 0 Å². The average molecular weight is 451 g/mol. The Balaban J connectivity index is 1.42. The number of aromatic nitrogens is 3. The first-order chi connectivity index (χ1) is 15.5. The molecule has 1 saturated carbocycles. The molecule has 1 aromatic carbocycles. The van der Waals surface area contributed by atoms with E-state index < -0.39 is 0 Å². The number of piperazine rings is 1. The molecule has 9 heteroatoms. The molecular weight excluding hydrogens is 424 g/mol. The quantitative estimate of drug-likeness (QED) is 0.382. The third-order valence-corrected chi connectivity index (χ3v) is 7.50. The molecular formula is C23H26N6O2S. The zero-order chi connectivity index (χ0) is 21.8. The number of likely N-dealkylation sites (N-methyl/N-ethyl adjacent to an activating group) is 1. The lowest BCUT2D eigenvalue weighted by Crippen LogP contribution is -2.44. The van der Waals surface area contributed by atoms with Crippen molar-refractivity contribution in [1.82, 2.24) is 19.9 Å². The Morgan fingerprint density at radius 2 is 1.97 bits per heavy atom. The van der Waals surface area contributed by atoms with Crippen LogP contribution in [0.4, 0.5) is 11.4 Å². The van der Waals surface area contributed by atoms with Crippen LogP contribution in [0.15, 0.2) is 34.4 Å². The van der Waals surface area contributed by atoms with E-state index in [1.165, 1.54) is 17.0 Å². The lowest BCUT2D eigenvalue weighted by Gasteiger charge is -2.34. The Labute approximate surface area is 188 Å². The smallest absolute Gasteiger partial charge is 0.262 e. The molecule has 4 aromatic rings. The molecule has 0 spiro atoms. The molecule has 2 fully saturated rings. The summed E-state index contributed by atoms with van der Waals surface area (Å²) in [6.45, 7) is 4.10. The summed E-state index contributed by atoms with van der Waals surface area (Å²) < 4.78 is 0. The zero-order valence-corrected chi connectivity index (χ0v) is 18.7. The first-order valence-electron chi connectivity index (χ1n) is 11.1. The van der Waals surface area contributed by atoms with E-state index in [0.717, 1.165) is 53.1 Å². The van der Waals surface area contributed by atoms with Crippen LogP contribution in [0, 0.1) is 0 Å². The van der Waals surface area contributed by atoms with Crippen LogP contribution in [-0.4, -0.2) is 70.3 Å². The van der Waals surface area contributed by atoms with Crippen LogP contribution in [0.1, 0.15) is 12.8 Å². The maximum atomic E-state index is 13.1. The minimum Gasteiger partial charge on any atom is -0.393 e. The Morgan fingerprint density at radius 3 is 2.75 bits per heavy atom. The van der Waals surface area contributed by atoms with Gasteiger partial charge in [-0.05, 0) is 49.5 Å². The van der Waals surface area contributed by atoms with E-state index in [-0.39, 0.29) is 17.7 Å². The molecule has 4 N–H and O–H groups in total. The molecule has 0 radical (unpaired) electrons. The minimum atomic E-state index is -0.268. The Bertz CT molecular complexity index is 1340. The van der Waals surface area contributed by atoms with Gasteiger partial charge in [0.1, 0.15) is 16.2 Å². The highest BCUT2D eigenvalue weighted by Crippen LogP contribution is 2.36. The summed E-state index contributed by atoms with van der Waals surface area (Å²) in [7, 11) is 2.15. The summed E-state index contributed by atoms with van der Waals surface area (Å²) in [5.74, 6) is 0.562. The standard InChI is InChI=1S/C23H26N6O2S/c1-28-5-7-29(8-6-28)14-2-3-17-18(12-14)26-21(25-17)19-20(24-13-10-15(30)11-13)16-4-9-32-23(16)27-22(19)31/h2-4,9,12-13,15,30H,5-8,10-11H2,1H3,(H,25,26)(H2,24,27,31)/t13-,15+. The molecule has 0 unspecified atom stereocenters. The van der Waals surface area contributed by atoms with Gasteiger partial charge in [0.2, 0.25) is 0 Å². The van der Waals surface area contributed by atoms with Gasteiger partial charge in [0, 0.05) is 43.3 Å². The van der Waals surface area contributed by atoms with Crippen LogP contribution >= 0.6 is 11.3 Å². The minimum absolute atomic E-state index is 0.155. The van der Waals surface area contributed by atoms with Gasteiger partial charge in [-0.25, -0.2) is 4.98 Å². The zero-order valence-electron chi connectivity index (χ0n) is 17.9. The van der Waals surface area contributed by atoms with Crippen LogP contribution in [0.25, 0.3) is 32.6 Å². The molecule has 3 aromatic heterocycles. The maximum Gasteiger partial charge on any atom is 0.262 e. The number of aromatic amines is 2. The second-order valence-electron chi connectivity index (χ2n) is 8.91. The highest BCUT2D eigenvalue weighted by Gasteiger charge is 2.29. The lowest BCUT2D eigenvalue weighted by atomic mass is 9.89. The van der Waals surface area contributed by atoms with Crippen molar-refractivity contribution in [1.29, 1.82) is 0 Å². The second kappa shape index (κ2) is 7.61. The van der Waals surface area contributed by atoms with Crippen molar-refractivity contribution in [2.24, 2.45) is 0 Å². The van der Waals surface area contributed by atoms with Crippen LogP contribution in [0.2, 0.25) is 0 Å². The molecule has 0 bridgehead atoms. The van der Waals surface area contributed by atoms with Crippen molar-refractivity contribution in [2.45, 2.75) is 25.0 Å². The van der Waals surface area contributed by atoms with Crippen molar-refractivity contribution in [2.75, 3.05) is 43.4 Å². The number of thiophene rings is 1. The monoisotopic (exact) mass is 450 g/mol. The van der Waals surface area contributed by atoms with Gasteiger partial charge in [-0.15, -0.1) is 11.3 Å². The fraction of sp³-hybridized carbons (Fsp3) is 0.391. The van der Waals surface area contributed by atoms with E-state index in [9.17, 15) is 9.90 Å². The van der Waals surface area contributed by atoms with Gasteiger partial charge >= 0.3 is 0 Å². The number of pyridine rings is 1. The van der Waals surface area contributed by atoms with Crippen molar-refractivity contribution in [3.63, 3.8) is 0 Å². The number of hydrogen-bond donors (Lipinski definition) is 4. The summed E-state index contributed by atoms with van der Waals surface area (Å²) in [4.78, 5) is 29.9. The summed E-state index contributed by atoms with van der Waals surface area (Å²) in [5, 5.41) is 16.2. The molecule has 32 heavy (non-hydrogen) atoms. The van der Waals surface area contributed by atoms with Crippen molar-refractivity contribution in [3.05, 3.63) is 40.0 Å². The molecule has 1 aliphatic heterocycles. The van der Waals surface area contributed by atoms with Gasteiger partial charge in [-0.1, -0.05) is 0 Å². The number of fused-ring (bicyclic) bond motifs is 2. The Kier molecular flexibility index (Phi) is 4.71. The van der Waals surface area contributed by atoms with E-state index in [2.05, 4.69) is 44.3 Å². The van der Waals surface area contributed by atoms with E-state index in [1.807, 2.05) is 17.5 Å². The van der Waals surface area contributed by atoms with E-state index in [1.54, 1.807) is 0 Å². The molecule has 8 nitrogen and oxygen atoms in total. The van der Waals surface area contributed by atoms with Crippen molar-refractivity contribution < 1.29 is 5.11 Å². The fourth-order valence-corrected chi connectivity index (χ4v) is 5.47. The number of nitrogens with zero attached hydrogens (tertiary/aromatic N) is 3. The molecule has 2 aliphatic rings. The van der Waals surface area contributed by atoms with Crippen LogP contribution in [-0.2, 0) is 0 Å². The van der Waals surface area contributed by atoms with Crippen LogP contribution in [0.5, 0.6) is 0 Å². The molecule has 166 valence electrons. The van der Waals surface area contributed by atoms with Gasteiger partial charge in [-0.3, -0.25) is 4.79 Å². The first kappa shape index (κ1) is 19.8. The van der Waals surface area contributed by atoms with Crippen LogP contribution < -0.4 is 15.8 Å². The number of nitrogens with one attached hydrogen (secondary N) is 3. The van der Waals surface area contributed by atoms with Gasteiger partial charge < -0.3 is 30.2 Å². The topological polar surface area (TPSA) is 100 Å². The van der Waals surface area contributed by atoms with Crippen molar-refractivity contribution >= 4 is 44.0 Å². The number of benzene rings is 1. The predicted molar refractivity (Wildman–Crippen MR) is 130 cm³/mol. The van der Waals surface area contributed by atoms with Gasteiger partial charge in [0.25, 0.3) is 5.56 Å². The fourth-order valence-electron chi connectivity index (χ4n) is 4.68. The summed E-state index contributed by atoms with van der Waals surface area (Å²) >= 11 is 1.51. The maximum absolute atomic E-state index is 13.1. The highest BCUT2D eigenvalue weighted by atomic mass is 32.1. The highest BCUT2D eigenvalue weighted by molar-refractivity contribution is 7.16. The van der Waals surface area contributed by atoms with E-state index in [0.29, 0.717) is 24.2 Å². The van der Waals surface area contributed by atoms with Gasteiger partial charge in [0.15, 0.2) is 0 Å². The third kappa shape index (κ3) is 3.37. The average Bonchev–Trinajstić information content (AvgIpc) is 3.39. The number of aliphatic hydroxyl groups excluding tert-OH is 1. The molecule has 1 saturated heterocycles. The predicted octanol–water partition coefficient (Wildman–Crippen LogP) is 2.82. The lowest BCUT2D eigenvalue weighted by molar-refractivity contribution is 0.0837. The molecule has 6 rings (SSSR count). The van der Waals surface area contributed by atoms with Crippen LogP contribution in [0.3, 0.4) is 0 Å². The number of H-pyrrole nitrogens is 2. The molecule has 0 amide bonds. The molecule has 4 heterocycles. The SMILES string of the molecule is CN1CCN(c2ccc3nc(-c4c(N[C@H]5C[C@@H](O)C5)c5ccsc5[nH]c4=O)[nH]c3c2)CC1. The Morgan fingerprint density at radius 1 is 1.16 bits per heavy atom. The number of anilines is 2. The summed E-state index contributed by atoms with van der Waals surface area (Å²) in [5.41, 5.74) is 4.08. The third-order valence-electron chi connectivity index (χ3n) is 6.67. The first-order valence-corrected chi connectivity index (χ1v) is 11.9. The second-order valence-corrected chi connectivity index (χ2v) is 9.83. The molecule has 1 aliphatic carbocycles. The summed E-state index contributed by atoms with van der Waals surface area (Å²) in [6.07, 6.45) is 1.11. The number of rotatable bonds is 4. The number of hydrogen-bond acceptors (Lipinski definition) is 7. The van der Waals surface area contributed by atoms with Gasteiger partial charge in [0.05, 0.1) is 22.8 Å². The molecule has 0 atom stereocenters. The van der Waals surface area contributed by atoms with E-state index in [4.69, 9.17) is 4.98 Å². The number of imidazole rings is 1.